The maximum atomic E-state index is 14.8. The van der Waals surface area contributed by atoms with Crippen LogP contribution in [0, 0.1) is 5.92 Å². The number of aromatic nitrogens is 2. The summed E-state index contributed by atoms with van der Waals surface area (Å²) >= 11 is 0. The largest absolute Gasteiger partial charge is 0.339 e. The zero-order chi connectivity index (χ0) is 30.2. The maximum Gasteiger partial charge on any atom is 0.324 e. The number of carbonyl (C=O) groups excluding carboxylic acids is 1. The highest BCUT2D eigenvalue weighted by Crippen LogP contribution is 2.35. The summed E-state index contributed by atoms with van der Waals surface area (Å²) in [7, 11) is -8.26. The predicted molar refractivity (Wildman–Crippen MR) is 146 cm³/mol. The molecule has 228 valence electrons. The third kappa shape index (κ3) is 6.54. The molecule has 0 saturated carbocycles. The van der Waals surface area contributed by atoms with Crippen molar-refractivity contribution in [2.45, 2.75) is 55.7 Å². The SMILES string of the molecule is CCN(CC)S(=O)(=O)c1ccc(S(=O)(=O)N2C[C@H](C(=O)N3CCN(c4nc(C(C)C)no4)CC3)CC(F)(F)C2)cc1. The van der Waals surface area contributed by atoms with Crippen LogP contribution in [0.2, 0.25) is 0 Å². The fourth-order valence-corrected chi connectivity index (χ4v) is 7.99. The van der Waals surface area contributed by atoms with Crippen molar-refractivity contribution in [1.29, 1.82) is 0 Å². The molecule has 2 aliphatic heterocycles. The van der Waals surface area contributed by atoms with E-state index in [0.29, 0.717) is 29.2 Å². The third-order valence-electron chi connectivity index (χ3n) is 7.34. The molecule has 1 amide bonds. The first kappa shape index (κ1) is 31.3. The lowest BCUT2D eigenvalue weighted by molar-refractivity contribution is -0.144. The molecule has 1 aromatic heterocycles. The van der Waals surface area contributed by atoms with E-state index in [2.05, 4.69) is 10.1 Å². The molecule has 2 aromatic rings. The number of piperidine rings is 1. The van der Waals surface area contributed by atoms with Crippen LogP contribution in [0.15, 0.2) is 38.6 Å². The van der Waals surface area contributed by atoms with E-state index in [9.17, 15) is 30.4 Å². The molecule has 0 radical (unpaired) electrons. The van der Waals surface area contributed by atoms with Crippen molar-refractivity contribution in [3.05, 3.63) is 30.1 Å². The van der Waals surface area contributed by atoms with Gasteiger partial charge in [-0.25, -0.2) is 25.6 Å². The van der Waals surface area contributed by atoms with Crippen LogP contribution in [-0.4, -0.2) is 105 Å². The number of benzene rings is 1. The van der Waals surface area contributed by atoms with Crippen molar-refractivity contribution < 1.29 is 34.9 Å². The molecule has 3 heterocycles. The maximum absolute atomic E-state index is 14.8. The Morgan fingerprint density at radius 3 is 2.17 bits per heavy atom. The Balaban J connectivity index is 1.46. The van der Waals surface area contributed by atoms with Crippen LogP contribution in [-0.2, 0) is 24.8 Å². The van der Waals surface area contributed by atoms with Crippen LogP contribution in [0.1, 0.15) is 45.9 Å². The highest BCUT2D eigenvalue weighted by atomic mass is 32.2. The molecule has 16 heteroatoms. The molecule has 0 unspecified atom stereocenters. The molecule has 1 aromatic carbocycles. The number of nitrogens with zero attached hydrogens (tertiary/aromatic N) is 6. The van der Waals surface area contributed by atoms with Gasteiger partial charge in [0.2, 0.25) is 26.0 Å². The Morgan fingerprint density at radius 2 is 1.63 bits per heavy atom. The molecule has 2 saturated heterocycles. The number of anilines is 1. The van der Waals surface area contributed by atoms with Crippen molar-refractivity contribution in [3.8, 4) is 0 Å². The van der Waals surface area contributed by atoms with E-state index in [0.717, 1.165) is 24.3 Å². The van der Waals surface area contributed by atoms with Gasteiger partial charge in [-0.2, -0.15) is 13.6 Å². The summed E-state index contributed by atoms with van der Waals surface area (Å²) in [4.78, 5) is 20.5. The molecular formula is C25H36F2N6O6S2. The monoisotopic (exact) mass is 618 g/mol. The average molecular weight is 619 g/mol. The van der Waals surface area contributed by atoms with Crippen LogP contribution in [0.5, 0.6) is 0 Å². The van der Waals surface area contributed by atoms with Crippen LogP contribution >= 0.6 is 0 Å². The van der Waals surface area contributed by atoms with E-state index < -0.39 is 57.3 Å². The number of rotatable bonds is 9. The molecule has 4 rings (SSSR count). The number of alkyl halides is 2. The number of carbonyl (C=O) groups is 1. The van der Waals surface area contributed by atoms with Crippen molar-refractivity contribution in [2.75, 3.05) is 57.3 Å². The summed E-state index contributed by atoms with van der Waals surface area (Å²) in [5.41, 5.74) is 0. The first-order chi connectivity index (χ1) is 19.2. The lowest BCUT2D eigenvalue weighted by Crippen LogP contribution is -2.56. The minimum absolute atomic E-state index is 0.0843. The minimum atomic E-state index is -4.44. The Bertz CT molecular complexity index is 1440. The van der Waals surface area contributed by atoms with E-state index in [1.165, 1.54) is 9.21 Å². The number of hydrogen-bond donors (Lipinski definition) is 0. The summed E-state index contributed by atoms with van der Waals surface area (Å²) < 4.78 is 89.0. The second-order valence-corrected chi connectivity index (χ2v) is 14.4. The van der Waals surface area contributed by atoms with Gasteiger partial charge in [-0.3, -0.25) is 4.79 Å². The zero-order valence-corrected chi connectivity index (χ0v) is 25.2. The van der Waals surface area contributed by atoms with E-state index in [1.807, 2.05) is 18.7 Å². The summed E-state index contributed by atoms with van der Waals surface area (Å²) in [6, 6.07) is 4.82. The quantitative estimate of drug-likeness (QED) is 0.414. The number of hydrogen-bond acceptors (Lipinski definition) is 9. The van der Waals surface area contributed by atoms with Crippen molar-refractivity contribution >= 4 is 32.0 Å². The van der Waals surface area contributed by atoms with Gasteiger partial charge in [0.1, 0.15) is 0 Å². The second kappa shape index (κ2) is 11.9. The normalized spacial score (nSPS) is 20.6. The van der Waals surface area contributed by atoms with Gasteiger partial charge >= 0.3 is 6.01 Å². The number of amides is 1. The highest BCUT2D eigenvalue weighted by Gasteiger charge is 2.48. The van der Waals surface area contributed by atoms with Crippen LogP contribution in [0.25, 0.3) is 0 Å². The summed E-state index contributed by atoms with van der Waals surface area (Å²) in [6.45, 7) is 7.42. The van der Waals surface area contributed by atoms with Gasteiger partial charge < -0.3 is 14.3 Å². The van der Waals surface area contributed by atoms with E-state index in [1.54, 1.807) is 13.8 Å². The Labute approximate surface area is 239 Å². The van der Waals surface area contributed by atoms with Gasteiger partial charge in [0, 0.05) is 58.2 Å². The molecule has 1 atom stereocenters. The second-order valence-electron chi connectivity index (χ2n) is 10.5. The van der Waals surface area contributed by atoms with Gasteiger partial charge in [-0.05, 0) is 24.3 Å². The van der Waals surface area contributed by atoms with Crippen molar-refractivity contribution in [1.82, 2.24) is 23.7 Å². The lowest BCUT2D eigenvalue weighted by atomic mass is 9.95. The van der Waals surface area contributed by atoms with E-state index in [-0.39, 0.29) is 41.9 Å². The first-order valence-electron chi connectivity index (χ1n) is 13.5. The van der Waals surface area contributed by atoms with Crippen molar-refractivity contribution in [3.63, 3.8) is 0 Å². The minimum Gasteiger partial charge on any atom is -0.339 e. The number of piperazine rings is 1. The molecule has 2 aliphatic rings. The fraction of sp³-hybridized carbons (Fsp3) is 0.640. The number of halogens is 2. The molecule has 12 nitrogen and oxygen atoms in total. The number of sulfonamides is 2. The zero-order valence-electron chi connectivity index (χ0n) is 23.5. The molecule has 0 aliphatic carbocycles. The van der Waals surface area contributed by atoms with Gasteiger partial charge in [0.25, 0.3) is 5.92 Å². The van der Waals surface area contributed by atoms with E-state index >= 15 is 0 Å². The van der Waals surface area contributed by atoms with Crippen molar-refractivity contribution in [2.24, 2.45) is 5.92 Å². The first-order valence-corrected chi connectivity index (χ1v) is 16.4. The Morgan fingerprint density at radius 1 is 1.05 bits per heavy atom. The van der Waals surface area contributed by atoms with Gasteiger partial charge in [0.05, 0.1) is 22.3 Å². The topological polar surface area (TPSA) is 137 Å². The van der Waals surface area contributed by atoms with Crippen LogP contribution in [0.4, 0.5) is 14.8 Å². The molecule has 0 N–H and O–H groups in total. The van der Waals surface area contributed by atoms with Gasteiger partial charge in [-0.15, -0.1) is 0 Å². The summed E-state index contributed by atoms with van der Waals surface area (Å²) in [5.74, 6) is -4.56. The summed E-state index contributed by atoms with van der Waals surface area (Å²) in [6.07, 6.45) is -0.763. The summed E-state index contributed by atoms with van der Waals surface area (Å²) in [5, 5.41) is 3.94. The average Bonchev–Trinajstić information content (AvgIpc) is 3.43. The van der Waals surface area contributed by atoms with E-state index in [4.69, 9.17) is 4.52 Å². The smallest absolute Gasteiger partial charge is 0.324 e. The highest BCUT2D eigenvalue weighted by molar-refractivity contribution is 7.89. The predicted octanol–water partition coefficient (Wildman–Crippen LogP) is 2.22. The molecule has 2 fully saturated rings. The Hall–Kier alpha value is -2.69. The molecule has 41 heavy (non-hydrogen) atoms. The fourth-order valence-electron chi connectivity index (χ4n) is 5.02. The standard InChI is InChI=1S/C25H36F2N6O6S2/c1-5-32(6-2)40(35,36)20-7-9-21(10-8-20)41(37,38)33-16-19(15-25(26,27)17-33)23(34)30-11-13-31(14-12-30)24-28-22(18(3)4)29-39-24/h7-10,18-19H,5-6,11-17H2,1-4H3/t19-/m1/s1. The molecular weight excluding hydrogens is 582 g/mol. The Kier molecular flexibility index (Phi) is 9.07. The van der Waals surface area contributed by atoms with Crippen LogP contribution < -0.4 is 4.90 Å². The van der Waals surface area contributed by atoms with Crippen LogP contribution in [0.3, 0.4) is 0 Å². The van der Waals surface area contributed by atoms with Gasteiger partial charge in [0.15, 0.2) is 5.82 Å². The van der Waals surface area contributed by atoms with Gasteiger partial charge in [-0.1, -0.05) is 32.9 Å². The lowest BCUT2D eigenvalue weighted by Gasteiger charge is -2.40. The third-order valence-corrected chi connectivity index (χ3v) is 11.2. The molecule has 0 spiro atoms. The molecule has 0 bridgehead atoms.